The van der Waals surface area contributed by atoms with E-state index in [0.717, 1.165) is 49.7 Å². The average Bonchev–Trinajstić information content (AvgIpc) is 2.76. The second-order valence-electron chi connectivity index (χ2n) is 13.1. The fraction of sp³-hybridized carbons (Fsp3) is 0.690. The third kappa shape index (κ3) is 2.68. The summed E-state index contributed by atoms with van der Waals surface area (Å²) in [6.45, 7) is 13.5. The zero-order chi connectivity index (χ0) is 24.2. The highest BCUT2D eigenvalue weighted by atomic mass is 16.3. The molecule has 3 saturated carbocycles. The lowest BCUT2D eigenvalue weighted by Gasteiger charge is -2.70. The molecule has 0 heterocycles. The molecule has 3 N–H and O–H groups in total. The minimum absolute atomic E-state index is 0.0180. The quantitative estimate of drug-likeness (QED) is 0.486. The Bertz CT molecular complexity index is 1060. The van der Waals surface area contributed by atoms with Gasteiger partial charge >= 0.3 is 0 Å². The number of fused-ring (bicyclic) bond motifs is 7. The Balaban J connectivity index is 1.64. The molecule has 5 aliphatic carbocycles. The monoisotopic (exact) mass is 452 g/mol. The molecule has 0 amide bonds. The van der Waals surface area contributed by atoms with Gasteiger partial charge in [0.05, 0.1) is 12.7 Å². The molecule has 5 aliphatic rings. The number of rotatable bonds is 1. The zero-order valence-corrected chi connectivity index (χ0v) is 21.1. The van der Waals surface area contributed by atoms with Gasteiger partial charge in [-0.3, -0.25) is 4.79 Å². The minimum Gasteiger partial charge on any atom is -0.504 e. The molecule has 0 radical (unpaired) electrons. The molecule has 0 saturated heterocycles. The van der Waals surface area contributed by atoms with E-state index < -0.39 is 11.5 Å². The van der Waals surface area contributed by atoms with Crippen LogP contribution in [0.2, 0.25) is 0 Å². The smallest absolute Gasteiger partial charge is 0.220 e. The van der Waals surface area contributed by atoms with Gasteiger partial charge < -0.3 is 15.3 Å². The van der Waals surface area contributed by atoms with Gasteiger partial charge in [0.2, 0.25) is 5.78 Å². The lowest BCUT2D eigenvalue weighted by Crippen LogP contribution is -2.64. The summed E-state index contributed by atoms with van der Waals surface area (Å²) < 4.78 is 0. The van der Waals surface area contributed by atoms with Crippen molar-refractivity contribution in [3.8, 4) is 0 Å². The highest BCUT2D eigenvalue weighted by molar-refractivity contribution is 6.06. The molecule has 5 rings (SSSR count). The van der Waals surface area contributed by atoms with Crippen LogP contribution in [0.5, 0.6) is 0 Å². The average molecular weight is 453 g/mol. The number of allylic oxidation sites excluding steroid dienone is 7. The van der Waals surface area contributed by atoms with Gasteiger partial charge in [0.25, 0.3) is 0 Å². The Labute approximate surface area is 198 Å². The minimum atomic E-state index is -0.467. The van der Waals surface area contributed by atoms with E-state index in [9.17, 15) is 20.1 Å². The molecule has 7 atom stereocenters. The Morgan fingerprint density at radius 3 is 2.36 bits per heavy atom. The van der Waals surface area contributed by atoms with Gasteiger partial charge in [-0.25, -0.2) is 0 Å². The summed E-state index contributed by atoms with van der Waals surface area (Å²) in [5.74, 6) is -0.000576. The van der Waals surface area contributed by atoms with Crippen molar-refractivity contribution < 1.29 is 20.1 Å². The van der Waals surface area contributed by atoms with Crippen LogP contribution in [0.3, 0.4) is 0 Å². The summed E-state index contributed by atoms with van der Waals surface area (Å²) >= 11 is 0. The Morgan fingerprint density at radius 1 is 1.00 bits per heavy atom. The van der Waals surface area contributed by atoms with Gasteiger partial charge in [0, 0.05) is 16.4 Å². The molecule has 7 unspecified atom stereocenters. The summed E-state index contributed by atoms with van der Waals surface area (Å²) in [5, 5.41) is 31.5. The normalized spacial score (nSPS) is 49.2. The predicted molar refractivity (Wildman–Crippen MR) is 129 cm³/mol. The third-order valence-electron chi connectivity index (χ3n) is 11.5. The topological polar surface area (TPSA) is 77.8 Å². The molecule has 0 spiro atoms. The van der Waals surface area contributed by atoms with Crippen molar-refractivity contribution in [2.45, 2.75) is 86.2 Å². The first-order valence-corrected chi connectivity index (χ1v) is 12.6. The highest BCUT2D eigenvalue weighted by Crippen LogP contribution is 2.75. The Morgan fingerprint density at radius 2 is 1.70 bits per heavy atom. The molecule has 0 aromatic rings. The van der Waals surface area contributed by atoms with Crippen molar-refractivity contribution in [2.75, 3.05) is 6.61 Å². The van der Waals surface area contributed by atoms with Crippen molar-refractivity contribution >= 4 is 5.78 Å². The SMILES string of the molecule is CC1=C(O)C(=O)C=C2C1=CC=C1C2(C)CCC2(C)C3CC(C)(CO)C(O)CC3(C)CCC12C. The van der Waals surface area contributed by atoms with Crippen LogP contribution in [-0.2, 0) is 4.79 Å². The number of hydrogen-bond acceptors (Lipinski definition) is 4. The van der Waals surface area contributed by atoms with Crippen molar-refractivity contribution in [3.63, 3.8) is 0 Å². The third-order valence-corrected chi connectivity index (χ3v) is 11.5. The zero-order valence-electron chi connectivity index (χ0n) is 21.1. The van der Waals surface area contributed by atoms with Crippen LogP contribution < -0.4 is 0 Å². The number of aliphatic hydroxyl groups is 3. The number of carbonyl (C=O) groups excluding carboxylic acids is 1. The van der Waals surface area contributed by atoms with E-state index in [0.29, 0.717) is 11.5 Å². The molecule has 180 valence electrons. The first kappa shape index (κ1) is 23.1. The maximum atomic E-state index is 12.6. The van der Waals surface area contributed by atoms with Crippen LogP contribution in [0.4, 0.5) is 0 Å². The first-order chi connectivity index (χ1) is 15.3. The van der Waals surface area contributed by atoms with Crippen molar-refractivity contribution in [1.29, 1.82) is 0 Å². The van der Waals surface area contributed by atoms with Crippen LogP contribution >= 0.6 is 0 Å². The lowest BCUT2D eigenvalue weighted by atomic mass is 9.34. The summed E-state index contributed by atoms with van der Waals surface area (Å²) in [7, 11) is 0. The number of aliphatic hydroxyl groups excluding tert-OH is 3. The van der Waals surface area contributed by atoms with E-state index in [1.165, 1.54) is 5.57 Å². The van der Waals surface area contributed by atoms with Gasteiger partial charge in [-0.15, -0.1) is 0 Å². The number of hydrogen-bond donors (Lipinski definition) is 3. The fourth-order valence-corrected chi connectivity index (χ4v) is 8.75. The number of carbonyl (C=O) groups is 1. The van der Waals surface area contributed by atoms with E-state index in [2.05, 4.69) is 46.8 Å². The standard InChI is InChI=1S/C29H40O4/c1-17-18-7-8-21-27(4,19(18)13-20(31)24(17)33)10-12-29(6)22-14-26(3,16-30)23(32)15-25(22,2)9-11-28(21,29)5/h7-8,13,22-23,30,32-33H,9-12,14-16H2,1-6H3. The van der Waals surface area contributed by atoms with Gasteiger partial charge in [0.1, 0.15) is 0 Å². The second kappa shape index (κ2) is 6.73. The van der Waals surface area contributed by atoms with Gasteiger partial charge in [-0.1, -0.05) is 52.3 Å². The summed E-state index contributed by atoms with van der Waals surface area (Å²) in [6.07, 6.45) is 11.3. The van der Waals surface area contributed by atoms with Crippen molar-refractivity contribution in [2.24, 2.45) is 33.0 Å². The van der Waals surface area contributed by atoms with Gasteiger partial charge in [0.15, 0.2) is 5.76 Å². The Hall–Kier alpha value is -1.65. The Kier molecular flexibility index (Phi) is 4.71. The van der Waals surface area contributed by atoms with Crippen LogP contribution in [0.1, 0.15) is 80.1 Å². The lowest BCUT2D eigenvalue weighted by molar-refractivity contribution is -0.197. The van der Waals surface area contributed by atoms with E-state index in [-0.39, 0.29) is 39.8 Å². The van der Waals surface area contributed by atoms with Crippen LogP contribution in [-0.4, -0.2) is 33.8 Å². The summed E-state index contributed by atoms with van der Waals surface area (Å²) in [5.41, 5.74) is 3.55. The summed E-state index contributed by atoms with van der Waals surface area (Å²) in [6, 6.07) is 0. The molecule has 4 heteroatoms. The van der Waals surface area contributed by atoms with E-state index in [1.807, 2.05) is 6.92 Å². The molecular weight excluding hydrogens is 412 g/mol. The molecular formula is C29H40O4. The van der Waals surface area contributed by atoms with Crippen molar-refractivity contribution in [1.82, 2.24) is 0 Å². The largest absolute Gasteiger partial charge is 0.504 e. The predicted octanol–water partition coefficient (Wildman–Crippen LogP) is 5.58. The van der Waals surface area contributed by atoms with Crippen LogP contribution in [0.15, 0.2) is 46.3 Å². The van der Waals surface area contributed by atoms with Gasteiger partial charge in [-0.05, 0) is 84.8 Å². The molecule has 0 aliphatic heterocycles. The van der Waals surface area contributed by atoms with E-state index in [4.69, 9.17) is 0 Å². The molecule has 0 aromatic heterocycles. The molecule has 4 nitrogen and oxygen atoms in total. The highest BCUT2D eigenvalue weighted by Gasteiger charge is 2.67. The van der Waals surface area contributed by atoms with Crippen LogP contribution in [0.25, 0.3) is 0 Å². The molecule has 0 aromatic carbocycles. The number of ketones is 1. The summed E-state index contributed by atoms with van der Waals surface area (Å²) in [4.78, 5) is 12.6. The molecule has 0 bridgehead atoms. The van der Waals surface area contributed by atoms with E-state index in [1.54, 1.807) is 6.08 Å². The fourth-order valence-electron chi connectivity index (χ4n) is 8.75. The first-order valence-electron chi connectivity index (χ1n) is 12.6. The van der Waals surface area contributed by atoms with Crippen LogP contribution in [0, 0.1) is 33.0 Å². The molecule has 3 fully saturated rings. The maximum absolute atomic E-state index is 12.6. The maximum Gasteiger partial charge on any atom is 0.220 e. The van der Waals surface area contributed by atoms with Crippen molar-refractivity contribution in [3.05, 3.63) is 46.3 Å². The van der Waals surface area contributed by atoms with E-state index >= 15 is 0 Å². The van der Waals surface area contributed by atoms with Gasteiger partial charge in [-0.2, -0.15) is 0 Å². The molecule has 33 heavy (non-hydrogen) atoms. The second-order valence-corrected chi connectivity index (χ2v) is 13.1.